The molecule has 108 valence electrons. The van der Waals surface area contributed by atoms with Crippen molar-refractivity contribution in [2.24, 2.45) is 0 Å². The van der Waals surface area contributed by atoms with Crippen LogP contribution in [0.2, 0.25) is 0 Å². The zero-order valence-corrected chi connectivity index (χ0v) is 10.1. The fourth-order valence-electron chi connectivity index (χ4n) is 1.36. The Morgan fingerprint density at radius 3 is 2.45 bits per heavy atom. The Kier molecular flexibility index (Phi) is 3.28. The van der Waals surface area contributed by atoms with E-state index < -0.39 is 29.0 Å². The third kappa shape index (κ3) is 2.38. The molecule has 0 unspecified atom stereocenters. The number of ether oxygens (including phenoxy) is 1. The van der Waals surface area contributed by atoms with Crippen LogP contribution in [0.5, 0.6) is 5.75 Å². The number of carboxylic acid groups (broad SMARTS) is 1. The summed E-state index contributed by atoms with van der Waals surface area (Å²) in [5.74, 6) is -5.52. The van der Waals surface area contributed by atoms with E-state index in [9.17, 15) is 26.7 Å². The Morgan fingerprint density at radius 1 is 1.25 bits per heavy atom. The van der Waals surface area contributed by atoms with E-state index in [1.807, 2.05) is 0 Å². The minimum absolute atomic E-state index is 0.0392. The Balaban J connectivity index is 2.57. The largest absolute Gasteiger partial charge is 0.511 e. The van der Waals surface area contributed by atoms with Crippen LogP contribution in [0.25, 0.3) is 10.2 Å². The lowest BCUT2D eigenvalue weighted by Crippen LogP contribution is -2.33. The molecule has 2 aromatic rings. The number of hydrogen-bond donors (Lipinski definition) is 1. The van der Waals surface area contributed by atoms with Crippen molar-refractivity contribution in [3.63, 3.8) is 0 Å². The third-order valence-electron chi connectivity index (χ3n) is 2.20. The molecule has 0 amide bonds. The van der Waals surface area contributed by atoms with Crippen molar-refractivity contribution in [3.8, 4) is 5.75 Å². The van der Waals surface area contributed by atoms with E-state index in [1.54, 1.807) is 0 Å². The molecule has 0 aliphatic heterocycles. The summed E-state index contributed by atoms with van der Waals surface area (Å²) in [6.07, 6.45) is -7.51. The molecule has 0 bridgehead atoms. The second-order valence-corrected chi connectivity index (χ2v) is 4.59. The van der Waals surface area contributed by atoms with Gasteiger partial charge in [-0.25, -0.2) is 9.78 Å². The van der Waals surface area contributed by atoms with Crippen molar-refractivity contribution in [1.82, 2.24) is 4.98 Å². The molecule has 0 spiro atoms. The van der Waals surface area contributed by atoms with Crippen molar-refractivity contribution >= 4 is 27.7 Å². The molecule has 20 heavy (non-hydrogen) atoms. The number of halogens is 5. The third-order valence-corrected chi connectivity index (χ3v) is 3.29. The SMILES string of the molecule is O=C(O)Oc1cccc2sc(C(F)(F)C(F)(F)F)nc12. The van der Waals surface area contributed by atoms with E-state index in [4.69, 9.17) is 5.11 Å². The van der Waals surface area contributed by atoms with Gasteiger partial charge < -0.3 is 9.84 Å². The predicted molar refractivity (Wildman–Crippen MR) is 58.2 cm³/mol. The summed E-state index contributed by atoms with van der Waals surface area (Å²) in [6, 6.07) is 3.59. The van der Waals surface area contributed by atoms with E-state index in [-0.39, 0.29) is 21.6 Å². The van der Waals surface area contributed by atoms with Gasteiger partial charge in [-0.3, -0.25) is 0 Å². The fourth-order valence-corrected chi connectivity index (χ4v) is 2.33. The molecule has 1 N–H and O–H groups in total. The van der Waals surface area contributed by atoms with Gasteiger partial charge in [-0.1, -0.05) is 6.07 Å². The quantitative estimate of drug-likeness (QED) is 0.517. The second-order valence-electron chi connectivity index (χ2n) is 3.56. The molecule has 0 aliphatic rings. The van der Waals surface area contributed by atoms with Crippen LogP contribution in [0, 0.1) is 0 Å². The van der Waals surface area contributed by atoms with Crippen molar-refractivity contribution in [3.05, 3.63) is 23.2 Å². The molecule has 1 heterocycles. The zero-order valence-electron chi connectivity index (χ0n) is 9.24. The van der Waals surface area contributed by atoms with Crippen molar-refractivity contribution < 1.29 is 36.6 Å². The highest BCUT2D eigenvalue weighted by Crippen LogP contribution is 2.46. The van der Waals surface area contributed by atoms with Crippen LogP contribution in [-0.2, 0) is 5.92 Å². The first-order valence-corrected chi connectivity index (χ1v) is 5.70. The molecular weight excluding hydrogens is 309 g/mol. The summed E-state index contributed by atoms with van der Waals surface area (Å²) in [5, 5.41) is 6.98. The molecule has 0 fully saturated rings. The normalized spacial score (nSPS) is 12.7. The zero-order chi connectivity index (χ0) is 15.1. The van der Waals surface area contributed by atoms with Crippen LogP contribution in [0.15, 0.2) is 18.2 Å². The maximum Gasteiger partial charge on any atom is 0.511 e. The smallest absolute Gasteiger partial charge is 0.449 e. The van der Waals surface area contributed by atoms with E-state index >= 15 is 0 Å². The number of fused-ring (bicyclic) bond motifs is 1. The van der Waals surface area contributed by atoms with Gasteiger partial charge in [-0.15, -0.1) is 11.3 Å². The van der Waals surface area contributed by atoms with Gasteiger partial charge in [0.25, 0.3) is 0 Å². The summed E-state index contributed by atoms with van der Waals surface area (Å²) in [7, 11) is 0. The van der Waals surface area contributed by atoms with Gasteiger partial charge in [0.2, 0.25) is 0 Å². The van der Waals surface area contributed by atoms with Gasteiger partial charge >= 0.3 is 18.3 Å². The van der Waals surface area contributed by atoms with Gasteiger partial charge in [0.15, 0.2) is 10.8 Å². The Bertz CT molecular complexity index is 666. The first kappa shape index (κ1) is 14.4. The van der Waals surface area contributed by atoms with Crippen LogP contribution in [0.4, 0.5) is 26.7 Å². The summed E-state index contributed by atoms with van der Waals surface area (Å²) < 4.78 is 67.3. The minimum Gasteiger partial charge on any atom is -0.449 e. The molecular formula is C10H4F5NO3S. The average Bonchev–Trinajstić information content (AvgIpc) is 2.72. The molecule has 0 saturated carbocycles. The second kappa shape index (κ2) is 4.54. The summed E-state index contributed by atoms with van der Waals surface area (Å²) >= 11 is 0.118. The van der Waals surface area contributed by atoms with Crippen LogP contribution in [0.3, 0.4) is 0 Å². The van der Waals surface area contributed by atoms with E-state index in [0.29, 0.717) is 0 Å². The monoisotopic (exact) mass is 313 g/mol. The van der Waals surface area contributed by atoms with Gasteiger partial charge in [0, 0.05) is 0 Å². The lowest BCUT2D eigenvalue weighted by Gasteiger charge is -2.16. The van der Waals surface area contributed by atoms with Crippen LogP contribution in [-0.4, -0.2) is 22.4 Å². The number of aromatic nitrogens is 1. The summed E-state index contributed by atoms with van der Waals surface area (Å²) in [6.45, 7) is 0. The highest BCUT2D eigenvalue weighted by Gasteiger charge is 2.61. The number of hydrogen-bond acceptors (Lipinski definition) is 4. The number of thiazole rings is 1. The standard InChI is InChI=1S/C10H4F5NO3S/c11-9(12,10(13,14)15)7-16-6-4(19-8(17)18)2-1-3-5(6)20-7/h1-3H,(H,17,18). The average molecular weight is 313 g/mol. The highest BCUT2D eigenvalue weighted by atomic mass is 32.1. The fraction of sp³-hybridized carbons (Fsp3) is 0.200. The number of nitrogens with zero attached hydrogens (tertiary/aromatic N) is 1. The van der Waals surface area contributed by atoms with Crippen LogP contribution < -0.4 is 4.74 Å². The van der Waals surface area contributed by atoms with Gasteiger partial charge in [-0.05, 0) is 12.1 Å². The first-order valence-electron chi connectivity index (χ1n) is 4.88. The van der Waals surface area contributed by atoms with Crippen molar-refractivity contribution in [1.29, 1.82) is 0 Å². The maximum absolute atomic E-state index is 13.2. The molecule has 0 saturated heterocycles. The molecule has 1 aromatic heterocycles. The van der Waals surface area contributed by atoms with E-state index in [0.717, 1.165) is 6.07 Å². The number of rotatable bonds is 2. The minimum atomic E-state index is -5.78. The van der Waals surface area contributed by atoms with E-state index in [2.05, 4.69) is 9.72 Å². The molecule has 0 atom stereocenters. The molecule has 0 aliphatic carbocycles. The Labute approximate surface area is 111 Å². The Hall–Kier alpha value is -1.97. The number of carbonyl (C=O) groups is 1. The van der Waals surface area contributed by atoms with Gasteiger partial charge in [0.1, 0.15) is 5.52 Å². The highest BCUT2D eigenvalue weighted by molar-refractivity contribution is 7.18. The van der Waals surface area contributed by atoms with Crippen LogP contribution in [0.1, 0.15) is 5.01 Å². The lowest BCUT2D eigenvalue weighted by molar-refractivity contribution is -0.289. The number of benzene rings is 1. The Morgan fingerprint density at radius 2 is 1.90 bits per heavy atom. The molecule has 10 heteroatoms. The summed E-state index contributed by atoms with van der Waals surface area (Å²) in [4.78, 5) is 13.6. The summed E-state index contributed by atoms with van der Waals surface area (Å²) in [5.41, 5.74) is -0.362. The number of alkyl halides is 5. The van der Waals surface area contributed by atoms with Crippen molar-refractivity contribution in [2.45, 2.75) is 12.1 Å². The van der Waals surface area contributed by atoms with Crippen LogP contribution >= 0.6 is 11.3 Å². The topological polar surface area (TPSA) is 59.4 Å². The molecule has 2 rings (SSSR count). The lowest BCUT2D eigenvalue weighted by atomic mass is 10.3. The molecule has 4 nitrogen and oxygen atoms in total. The molecule has 1 aromatic carbocycles. The van der Waals surface area contributed by atoms with Gasteiger partial charge in [0.05, 0.1) is 4.70 Å². The van der Waals surface area contributed by atoms with Gasteiger partial charge in [-0.2, -0.15) is 22.0 Å². The number of para-hydroxylation sites is 1. The molecule has 0 radical (unpaired) electrons. The maximum atomic E-state index is 13.2. The first-order chi connectivity index (χ1) is 9.13. The van der Waals surface area contributed by atoms with Crippen molar-refractivity contribution in [2.75, 3.05) is 0 Å². The predicted octanol–water partition coefficient (Wildman–Crippen LogP) is 4.01. The van der Waals surface area contributed by atoms with E-state index in [1.165, 1.54) is 12.1 Å².